The maximum absolute atomic E-state index is 11.9. The molecule has 0 saturated heterocycles. The number of pyridine rings is 1. The molecule has 0 N–H and O–H groups in total. The number of sulfone groups is 1. The molecule has 18 heavy (non-hydrogen) atoms. The SMILES string of the molecule is O=S1(=O)C=C(Sc2ccccn2)c2ccccc21. The Bertz CT molecular complexity index is 722. The third-order valence-electron chi connectivity index (χ3n) is 2.57. The fraction of sp³-hybridized carbons (Fsp3) is 0. The van der Waals surface area contributed by atoms with Gasteiger partial charge in [0.25, 0.3) is 0 Å². The van der Waals surface area contributed by atoms with Crippen molar-refractivity contribution in [3.8, 4) is 0 Å². The van der Waals surface area contributed by atoms with Gasteiger partial charge in [-0.3, -0.25) is 0 Å². The molecule has 1 aromatic carbocycles. The second kappa shape index (κ2) is 4.26. The third kappa shape index (κ3) is 1.95. The number of fused-ring (bicyclic) bond motifs is 1. The Labute approximate surface area is 109 Å². The zero-order chi connectivity index (χ0) is 12.6. The molecule has 3 nitrogen and oxygen atoms in total. The first-order valence-corrected chi connectivity index (χ1v) is 7.68. The van der Waals surface area contributed by atoms with Crippen molar-refractivity contribution < 1.29 is 8.42 Å². The summed E-state index contributed by atoms with van der Waals surface area (Å²) in [6.45, 7) is 0. The first kappa shape index (κ1) is 11.5. The highest BCUT2D eigenvalue weighted by Crippen LogP contribution is 2.42. The minimum absolute atomic E-state index is 0.378. The molecule has 0 amide bonds. The Morgan fingerprint density at radius 2 is 1.78 bits per heavy atom. The normalized spacial score (nSPS) is 16.1. The van der Waals surface area contributed by atoms with E-state index in [9.17, 15) is 8.42 Å². The van der Waals surface area contributed by atoms with Crippen molar-refractivity contribution in [3.63, 3.8) is 0 Å². The van der Waals surface area contributed by atoms with Gasteiger partial charge in [0.05, 0.1) is 10.3 Å². The highest BCUT2D eigenvalue weighted by Gasteiger charge is 2.26. The van der Waals surface area contributed by atoms with Crippen LogP contribution in [0.2, 0.25) is 0 Å². The fourth-order valence-electron chi connectivity index (χ4n) is 1.79. The molecule has 5 heteroatoms. The number of thioether (sulfide) groups is 1. The van der Waals surface area contributed by atoms with Gasteiger partial charge in [-0.1, -0.05) is 36.0 Å². The van der Waals surface area contributed by atoms with E-state index in [0.29, 0.717) is 4.90 Å². The molecule has 0 atom stereocenters. The molecule has 0 spiro atoms. The first-order chi connectivity index (χ1) is 8.67. The lowest BCUT2D eigenvalue weighted by Gasteiger charge is -2.02. The van der Waals surface area contributed by atoms with Crippen LogP contribution in [0, 0.1) is 0 Å². The lowest BCUT2D eigenvalue weighted by Crippen LogP contribution is -1.91. The average Bonchev–Trinajstić information content (AvgIpc) is 2.63. The van der Waals surface area contributed by atoms with Gasteiger partial charge in [0, 0.05) is 16.7 Å². The van der Waals surface area contributed by atoms with Gasteiger partial charge in [-0.05, 0) is 18.2 Å². The molecule has 1 aliphatic heterocycles. The average molecular weight is 275 g/mol. The van der Waals surface area contributed by atoms with Gasteiger partial charge in [-0.25, -0.2) is 13.4 Å². The number of rotatable bonds is 2. The first-order valence-electron chi connectivity index (χ1n) is 5.32. The topological polar surface area (TPSA) is 47.0 Å². The second-order valence-electron chi connectivity index (χ2n) is 3.79. The highest BCUT2D eigenvalue weighted by molar-refractivity contribution is 8.10. The smallest absolute Gasteiger partial charge is 0.201 e. The Hall–Kier alpha value is -1.59. The quantitative estimate of drug-likeness (QED) is 0.845. The molecule has 0 aliphatic carbocycles. The van der Waals surface area contributed by atoms with Crippen LogP contribution in [0.4, 0.5) is 0 Å². The van der Waals surface area contributed by atoms with Crippen molar-refractivity contribution in [3.05, 3.63) is 59.6 Å². The predicted molar refractivity (Wildman–Crippen MR) is 71.7 cm³/mol. The summed E-state index contributed by atoms with van der Waals surface area (Å²) in [5.41, 5.74) is 0.758. The van der Waals surface area contributed by atoms with Crippen molar-refractivity contribution in [2.75, 3.05) is 0 Å². The molecule has 0 saturated carbocycles. The minimum Gasteiger partial charge on any atom is -0.250 e. The van der Waals surface area contributed by atoms with Gasteiger partial charge in [-0.2, -0.15) is 0 Å². The van der Waals surface area contributed by atoms with Crippen LogP contribution in [-0.2, 0) is 9.84 Å². The number of hydrogen-bond donors (Lipinski definition) is 0. The summed E-state index contributed by atoms with van der Waals surface area (Å²) in [5.74, 6) is 0. The molecular weight excluding hydrogens is 266 g/mol. The number of benzene rings is 1. The van der Waals surface area contributed by atoms with Crippen molar-refractivity contribution in [1.82, 2.24) is 4.98 Å². The maximum atomic E-state index is 11.9. The summed E-state index contributed by atoms with van der Waals surface area (Å²) < 4.78 is 23.9. The van der Waals surface area contributed by atoms with Crippen molar-refractivity contribution >= 4 is 26.5 Å². The lowest BCUT2D eigenvalue weighted by atomic mass is 10.2. The molecule has 0 bridgehead atoms. The van der Waals surface area contributed by atoms with Crippen molar-refractivity contribution in [2.24, 2.45) is 0 Å². The Morgan fingerprint density at radius 1 is 1.00 bits per heavy atom. The number of hydrogen-bond acceptors (Lipinski definition) is 4. The minimum atomic E-state index is -3.29. The van der Waals surface area contributed by atoms with Crippen LogP contribution in [0.25, 0.3) is 4.91 Å². The Morgan fingerprint density at radius 3 is 2.56 bits per heavy atom. The molecule has 2 aromatic rings. The van der Waals surface area contributed by atoms with E-state index in [4.69, 9.17) is 0 Å². The molecule has 90 valence electrons. The van der Waals surface area contributed by atoms with Gasteiger partial charge < -0.3 is 0 Å². The second-order valence-corrected chi connectivity index (χ2v) is 6.62. The molecular formula is C13H9NO2S2. The van der Waals surface area contributed by atoms with Crippen molar-refractivity contribution in [2.45, 2.75) is 9.92 Å². The van der Waals surface area contributed by atoms with E-state index >= 15 is 0 Å². The zero-order valence-corrected chi connectivity index (χ0v) is 10.9. The molecule has 0 radical (unpaired) electrons. The molecule has 0 fully saturated rings. The Balaban J connectivity index is 2.05. The van der Waals surface area contributed by atoms with Crippen LogP contribution in [-0.4, -0.2) is 13.4 Å². The van der Waals surface area contributed by atoms with Crippen LogP contribution in [0.3, 0.4) is 0 Å². The zero-order valence-electron chi connectivity index (χ0n) is 9.28. The van der Waals surface area contributed by atoms with Crippen LogP contribution >= 0.6 is 11.8 Å². The van der Waals surface area contributed by atoms with Gasteiger partial charge in [0.1, 0.15) is 5.03 Å². The summed E-state index contributed by atoms with van der Waals surface area (Å²) in [6, 6.07) is 12.6. The van der Waals surface area contributed by atoms with E-state index < -0.39 is 9.84 Å². The Kier molecular flexibility index (Phi) is 2.72. The number of nitrogens with zero attached hydrogens (tertiary/aromatic N) is 1. The highest BCUT2D eigenvalue weighted by atomic mass is 32.2. The van der Waals surface area contributed by atoms with Crippen LogP contribution in [0.15, 0.2) is 64.0 Å². The van der Waals surface area contributed by atoms with Gasteiger partial charge in [0.15, 0.2) is 0 Å². The largest absolute Gasteiger partial charge is 0.250 e. The van der Waals surface area contributed by atoms with Crippen LogP contribution in [0.1, 0.15) is 5.56 Å². The molecule has 1 aromatic heterocycles. The van der Waals surface area contributed by atoms with Crippen LogP contribution in [0.5, 0.6) is 0 Å². The van der Waals surface area contributed by atoms with E-state index in [2.05, 4.69) is 4.98 Å². The molecule has 3 rings (SSSR count). The van der Waals surface area contributed by atoms with Gasteiger partial charge in [-0.15, -0.1) is 0 Å². The number of aromatic nitrogens is 1. The standard InChI is InChI=1S/C13H9NO2S2/c15-18(16)9-11(10-5-1-2-6-12(10)18)17-13-7-3-4-8-14-13/h1-9H. The van der Waals surface area contributed by atoms with E-state index in [1.807, 2.05) is 30.3 Å². The predicted octanol–water partition coefficient (Wildman–Crippen LogP) is 2.96. The summed E-state index contributed by atoms with van der Waals surface area (Å²) in [4.78, 5) is 5.29. The summed E-state index contributed by atoms with van der Waals surface area (Å²) in [6.07, 6.45) is 1.69. The van der Waals surface area contributed by atoms with E-state index in [1.165, 1.54) is 17.2 Å². The lowest BCUT2D eigenvalue weighted by molar-refractivity contribution is 0.605. The summed E-state index contributed by atoms with van der Waals surface area (Å²) in [5, 5.41) is 2.10. The summed E-state index contributed by atoms with van der Waals surface area (Å²) in [7, 11) is -3.29. The molecule has 2 heterocycles. The molecule has 1 aliphatic rings. The monoisotopic (exact) mass is 275 g/mol. The maximum Gasteiger partial charge on any atom is 0.201 e. The third-order valence-corrected chi connectivity index (χ3v) is 5.25. The van der Waals surface area contributed by atoms with E-state index in [1.54, 1.807) is 18.3 Å². The van der Waals surface area contributed by atoms with E-state index in [-0.39, 0.29) is 0 Å². The summed E-state index contributed by atoms with van der Waals surface area (Å²) >= 11 is 1.37. The van der Waals surface area contributed by atoms with Crippen LogP contribution < -0.4 is 0 Å². The molecule has 0 unspecified atom stereocenters. The van der Waals surface area contributed by atoms with Gasteiger partial charge >= 0.3 is 0 Å². The fourth-order valence-corrected chi connectivity index (χ4v) is 4.48. The van der Waals surface area contributed by atoms with E-state index in [0.717, 1.165) is 15.5 Å². The van der Waals surface area contributed by atoms with Crippen molar-refractivity contribution in [1.29, 1.82) is 0 Å². The van der Waals surface area contributed by atoms with Gasteiger partial charge in [0.2, 0.25) is 9.84 Å².